The Hall–Kier alpha value is -2.91. The monoisotopic (exact) mass is 433 g/mol. The lowest BCUT2D eigenvalue weighted by molar-refractivity contribution is -0.137. The van der Waals surface area contributed by atoms with Crippen LogP contribution in [0.4, 0.5) is 13.2 Å². The van der Waals surface area contributed by atoms with Crippen LogP contribution in [0.15, 0.2) is 42.5 Å². The highest BCUT2D eigenvalue weighted by Crippen LogP contribution is 2.37. The Kier molecular flexibility index (Phi) is 5.03. The van der Waals surface area contributed by atoms with Crippen LogP contribution in [0.25, 0.3) is 26.9 Å². The molecule has 4 rings (SSSR count). The first kappa shape index (κ1) is 20.4. The summed E-state index contributed by atoms with van der Waals surface area (Å²) in [4.78, 5) is 17.0. The van der Waals surface area contributed by atoms with Gasteiger partial charge in [-0.15, -0.1) is 11.3 Å². The van der Waals surface area contributed by atoms with Gasteiger partial charge < -0.3 is 10.4 Å². The molecular formula is C21H18F3N3O2S. The number of alkyl halides is 3. The smallest absolute Gasteiger partial charge is 0.392 e. The molecule has 0 saturated carbocycles. The molecule has 4 aromatic rings. The molecular weight excluding hydrogens is 415 g/mol. The van der Waals surface area contributed by atoms with E-state index < -0.39 is 17.8 Å². The minimum Gasteiger partial charge on any atom is -0.392 e. The van der Waals surface area contributed by atoms with Crippen LogP contribution in [0, 0.1) is 6.92 Å². The zero-order chi connectivity index (χ0) is 21.6. The van der Waals surface area contributed by atoms with Crippen molar-refractivity contribution >= 4 is 38.5 Å². The Balaban J connectivity index is 1.84. The lowest BCUT2D eigenvalue weighted by atomic mass is 10.1. The maximum atomic E-state index is 12.9. The summed E-state index contributed by atoms with van der Waals surface area (Å²) in [5.74, 6) is -0.311. The number of aliphatic hydroxyl groups is 1. The average Bonchev–Trinajstić information content (AvgIpc) is 3.19. The second-order valence-corrected chi connectivity index (χ2v) is 8.26. The predicted molar refractivity (Wildman–Crippen MR) is 110 cm³/mol. The number of aliphatic hydroxyl groups excluding tert-OH is 1. The van der Waals surface area contributed by atoms with Crippen molar-refractivity contribution in [2.75, 3.05) is 6.54 Å². The van der Waals surface area contributed by atoms with E-state index in [-0.39, 0.29) is 12.5 Å². The second kappa shape index (κ2) is 7.41. The van der Waals surface area contributed by atoms with Crippen LogP contribution in [0.3, 0.4) is 0 Å². The van der Waals surface area contributed by atoms with E-state index in [0.717, 1.165) is 32.7 Å². The number of nitrogens with one attached hydrogen (secondary N) is 1. The van der Waals surface area contributed by atoms with Crippen LogP contribution in [-0.2, 0) is 6.18 Å². The number of thiazole rings is 1. The molecule has 30 heavy (non-hydrogen) atoms. The number of hydrogen-bond donors (Lipinski definition) is 2. The van der Waals surface area contributed by atoms with E-state index in [4.69, 9.17) is 0 Å². The van der Waals surface area contributed by atoms with E-state index in [1.165, 1.54) is 23.5 Å². The number of rotatable bonds is 4. The highest BCUT2D eigenvalue weighted by molar-refractivity contribution is 7.19. The second-order valence-electron chi connectivity index (χ2n) is 7.06. The molecule has 5 nitrogen and oxygen atoms in total. The molecule has 0 aliphatic heterocycles. The van der Waals surface area contributed by atoms with Crippen LogP contribution in [0.2, 0.25) is 0 Å². The van der Waals surface area contributed by atoms with E-state index in [1.807, 2.05) is 6.92 Å². The number of amides is 1. The Morgan fingerprint density at radius 2 is 1.93 bits per heavy atom. The van der Waals surface area contributed by atoms with Crippen LogP contribution >= 0.6 is 11.3 Å². The number of aromatic nitrogens is 2. The Bertz CT molecular complexity index is 1240. The fourth-order valence-electron chi connectivity index (χ4n) is 3.31. The van der Waals surface area contributed by atoms with E-state index >= 15 is 0 Å². The number of aryl methyl sites for hydroxylation is 1. The van der Waals surface area contributed by atoms with Crippen molar-refractivity contribution < 1.29 is 23.1 Å². The summed E-state index contributed by atoms with van der Waals surface area (Å²) in [6.45, 7) is 3.57. The van der Waals surface area contributed by atoms with Crippen LogP contribution < -0.4 is 5.32 Å². The molecule has 1 atom stereocenters. The van der Waals surface area contributed by atoms with Gasteiger partial charge in [0.05, 0.1) is 26.9 Å². The molecule has 0 spiro atoms. The average molecular weight is 433 g/mol. The van der Waals surface area contributed by atoms with Crippen LogP contribution in [0.1, 0.15) is 27.9 Å². The third-order valence-electron chi connectivity index (χ3n) is 4.68. The fourth-order valence-corrected chi connectivity index (χ4v) is 4.24. The molecule has 0 aliphatic rings. The van der Waals surface area contributed by atoms with Crippen molar-refractivity contribution in [1.29, 1.82) is 0 Å². The zero-order valence-corrected chi connectivity index (χ0v) is 16.9. The number of halogens is 3. The first-order chi connectivity index (χ1) is 14.1. The van der Waals surface area contributed by atoms with Gasteiger partial charge in [0.15, 0.2) is 5.65 Å². The van der Waals surface area contributed by atoms with Gasteiger partial charge in [0.2, 0.25) is 0 Å². The number of benzene rings is 2. The SMILES string of the molecule is Cc1nc2c(s1)c1cc(C(=O)NC[C@H](C)O)ccc1n2-c1ccc(C(F)(F)F)cc1. The minimum absolute atomic E-state index is 0.137. The Morgan fingerprint density at radius 1 is 1.23 bits per heavy atom. The maximum Gasteiger partial charge on any atom is 0.416 e. The number of hydrogen-bond acceptors (Lipinski definition) is 4. The first-order valence-electron chi connectivity index (χ1n) is 9.20. The summed E-state index contributed by atoms with van der Waals surface area (Å²) in [5, 5.41) is 13.6. The molecule has 0 saturated heterocycles. The summed E-state index contributed by atoms with van der Waals surface area (Å²) in [5.41, 5.74) is 1.65. The molecule has 2 aromatic heterocycles. The molecule has 1 amide bonds. The zero-order valence-electron chi connectivity index (χ0n) is 16.1. The number of carbonyl (C=O) groups excluding carboxylic acids is 1. The van der Waals surface area contributed by atoms with Crippen LogP contribution in [0.5, 0.6) is 0 Å². The summed E-state index contributed by atoms with van der Waals surface area (Å²) in [6, 6.07) is 10.1. The summed E-state index contributed by atoms with van der Waals surface area (Å²) in [7, 11) is 0. The minimum atomic E-state index is -4.40. The third-order valence-corrected chi connectivity index (χ3v) is 5.68. The van der Waals surface area contributed by atoms with Gasteiger partial charge >= 0.3 is 6.18 Å². The van der Waals surface area contributed by atoms with Gasteiger partial charge in [-0.2, -0.15) is 13.2 Å². The molecule has 0 radical (unpaired) electrons. The lowest BCUT2D eigenvalue weighted by Gasteiger charge is -2.10. The van der Waals surface area contributed by atoms with Gasteiger partial charge in [-0.1, -0.05) is 0 Å². The molecule has 0 fully saturated rings. The van der Waals surface area contributed by atoms with Crippen molar-refractivity contribution in [2.45, 2.75) is 26.1 Å². The normalized spacial score (nSPS) is 13.1. The first-order valence-corrected chi connectivity index (χ1v) is 10.0. The van der Waals surface area contributed by atoms with Gasteiger partial charge in [0, 0.05) is 23.2 Å². The molecule has 2 aromatic carbocycles. The third kappa shape index (κ3) is 3.66. The van der Waals surface area contributed by atoms with Gasteiger partial charge in [0.1, 0.15) is 0 Å². The molecule has 2 heterocycles. The lowest BCUT2D eigenvalue weighted by Crippen LogP contribution is -2.30. The summed E-state index contributed by atoms with van der Waals surface area (Å²) >= 11 is 1.46. The molecule has 0 aliphatic carbocycles. The molecule has 9 heteroatoms. The van der Waals surface area contributed by atoms with Gasteiger partial charge in [-0.25, -0.2) is 4.98 Å². The van der Waals surface area contributed by atoms with E-state index in [1.54, 1.807) is 29.7 Å². The molecule has 0 unspecified atom stereocenters. The largest absolute Gasteiger partial charge is 0.416 e. The van der Waals surface area contributed by atoms with Crippen molar-refractivity contribution in [3.8, 4) is 5.69 Å². The molecule has 0 bridgehead atoms. The van der Waals surface area contributed by atoms with E-state index in [0.29, 0.717) is 16.9 Å². The highest BCUT2D eigenvalue weighted by Gasteiger charge is 2.30. The Morgan fingerprint density at radius 3 is 2.57 bits per heavy atom. The molecule has 156 valence electrons. The number of fused-ring (bicyclic) bond motifs is 3. The number of nitrogens with zero attached hydrogens (tertiary/aromatic N) is 2. The van der Waals surface area contributed by atoms with Crippen molar-refractivity contribution in [3.63, 3.8) is 0 Å². The standard InChI is InChI=1S/C21H18F3N3O2S/c1-11(28)10-25-20(29)13-3-8-17-16(9-13)18-19(26-12(2)30-18)27(17)15-6-4-14(5-7-15)21(22,23)24/h3-9,11,28H,10H2,1-2H3,(H,25,29)/t11-/m0/s1. The van der Waals surface area contributed by atoms with Crippen molar-refractivity contribution in [1.82, 2.24) is 14.9 Å². The van der Waals surface area contributed by atoms with Gasteiger partial charge in [-0.3, -0.25) is 9.36 Å². The maximum absolute atomic E-state index is 12.9. The highest BCUT2D eigenvalue weighted by atomic mass is 32.1. The van der Waals surface area contributed by atoms with E-state index in [9.17, 15) is 23.1 Å². The van der Waals surface area contributed by atoms with Crippen molar-refractivity contribution in [2.24, 2.45) is 0 Å². The fraction of sp³-hybridized carbons (Fsp3) is 0.238. The quantitative estimate of drug-likeness (QED) is 0.491. The Labute approximate surface area is 173 Å². The van der Waals surface area contributed by atoms with Crippen LogP contribution in [-0.4, -0.2) is 33.2 Å². The summed E-state index contributed by atoms with van der Waals surface area (Å²) < 4.78 is 41.5. The van der Waals surface area contributed by atoms with Gasteiger partial charge in [-0.05, 0) is 56.3 Å². The number of carbonyl (C=O) groups is 1. The van der Waals surface area contributed by atoms with Crippen molar-refractivity contribution in [3.05, 3.63) is 58.6 Å². The van der Waals surface area contributed by atoms with Gasteiger partial charge in [0.25, 0.3) is 5.91 Å². The molecule has 2 N–H and O–H groups in total. The predicted octanol–water partition coefficient (Wildman–Crippen LogP) is 4.68. The summed E-state index contributed by atoms with van der Waals surface area (Å²) in [6.07, 6.45) is -5.06. The topological polar surface area (TPSA) is 67.2 Å². The van der Waals surface area contributed by atoms with E-state index in [2.05, 4.69) is 10.3 Å².